The van der Waals surface area contributed by atoms with Crippen LogP contribution in [0.4, 0.5) is 0 Å². The minimum Gasteiger partial charge on any atom is -0.359 e. The van der Waals surface area contributed by atoms with Crippen LogP contribution in [0.15, 0.2) is 10.7 Å². The molecule has 2 rings (SSSR count). The Bertz CT molecular complexity index is 290. The van der Waals surface area contributed by atoms with Gasteiger partial charge in [0.15, 0.2) is 5.76 Å². The van der Waals surface area contributed by atoms with E-state index in [2.05, 4.69) is 19.0 Å². The molecular weight excluding hydrogens is 152 g/mol. The molecule has 0 spiro atoms. The van der Waals surface area contributed by atoms with E-state index in [0.29, 0.717) is 0 Å². The molecule has 0 saturated carbocycles. The summed E-state index contributed by atoms with van der Waals surface area (Å²) >= 11 is 0. The molecule has 1 aliphatic rings. The molecule has 1 unspecified atom stereocenters. The van der Waals surface area contributed by atoms with Crippen LogP contribution >= 0.6 is 0 Å². The normalized spacial score (nSPS) is 26.8. The zero-order valence-electron chi connectivity index (χ0n) is 7.50. The summed E-state index contributed by atoms with van der Waals surface area (Å²) in [5.74, 6) is 0.884. The van der Waals surface area contributed by atoms with Crippen molar-refractivity contribution in [1.82, 2.24) is 5.16 Å². The van der Waals surface area contributed by atoms with E-state index in [1.807, 2.05) is 0 Å². The van der Waals surface area contributed by atoms with Gasteiger partial charge in [0.2, 0.25) is 0 Å². The standard InChI is InChI=1S/C9H14N2O/c1-9(2)3-6-5-11-12-8(6)7(10)4-9/h5,7H,3-4,10H2,1-2H3. The molecule has 66 valence electrons. The van der Waals surface area contributed by atoms with Gasteiger partial charge in [0, 0.05) is 5.56 Å². The molecule has 0 bridgehead atoms. The molecule has 3 heteroatoms. The summed E-state index contributed by atoms with van der Waals surface area (Å²) in [5, 5.41) is 3.76. The molecule has 0 fully saturated rings. The van der Waals surface area contributed by atoms with E-state index in [-0.39, 0.29) is 11.5 Å². The summed E-state index contributed by atoms with van der Waals surface area (Å²) in [6.07, 6.45) is 3.80. The average Bonchev–Trinajstić information content (AvgIpc) is 2.31. The van der Waals surface area contributed by atoms with Crippen LogP contribution in [0, 0.1) is 5.41 Å². The van der Waals surface area contributed by atoms with Gasteiger partial charge >= 0.3 is 0 Å². The molecule has 0 aliphatic heterocycles. The van der Waals surface area contributed by atoms with Crippen LogP contribution in [0.25, 0.3) is 0 Å². The Morgan fingerprint density at radius 2 is 2.42 bits per heavy atom. The van der Waals surface area contributed by atoms with Gasteiger partial charge in [-0.3, -0.25) is 0 Å². The third kappa shape index (κ3) is 1.14. The number of hydrogen-bond acceptors (Lipinski definition) is 3. The molecule has 1 heterocycles. The van der Waals surface area contributed by atoms with E-state index in [4.69, 9.17) is 10.3 Å². The molecule has 3 nitrogen and oxygen atoms in total. The SMILES string of the molecule is CC1(C)Cc2cnoc2C(N)C1. The quantitative estimate of drug-likeness (QED) is 0.637. The first-order chi connectivity index (χ1) is 5.58. The van der Waals surface area contributed by atoms with Crippen molar-refractivity contribution in [2.45, 2.75) is 32.7 Å². The Morgan fingerprint density at radius 1 is 1.67 bits per heavy atom. The lowest BCUT2D eigenvalue weighted by molar-refractivity contribution is 0.245. The summed E-state index contributed by atoms with van der Waals surface area (Å²) in [6, 6.07) is 0.0336. The fraction of sp³-hybridized carbons (Fsp3) is 0.667. The maximum Gasteiger partial charge on any atom is 0.156 e. The molecule has 1 atom stereocenters. The van der Waals surface area contributed by atoms with Crippen molar-refractivity contribution in [3.63, 3.8) is 0 Å². The van der Waals surface area contributed by atoms with E-state index in [0.717, 1.165) is 18.6 Å². The number of nitrogens with two attached hydrogens (primary N) is 1. The van der Waals surface area contributed by atoms with Gasteiger partial charge in [0.25, 0.3) is 0 Å². The van der Waals surface area contributed by atoms with Gasteiger partial charge in [-0.15, -0.1) is 0 Å². The monoisotopic (exact) mass is 166 g/mol. The van der Waals surface area contributed by atoms with Crippen LogP contribution in [0.3, 0.4) is 0 Å². The minimum absolute atomic E-state index is 0.0336. The van der Waals surface area contributed by atoms with Crippen molar-refractivity contribution in [1.29, 1.82) is 0 Å². The fourth-order valence-electron chi connectivity index (χ4n) is 1.98. The molecule has 2 N–H and O–H groups in total. The van der Waals surface area contributed by atoms with Gasteiger partial charge in [-0.25, -0.2) is 0 Å². The largest absolute Gasteiger partial charge is 0.359 e. The van der Waals surface area contributed by atoms with E-state index in [1.165, 1.54) is 5.56 Å². The second-order valence-electron chi connectivity index (χ2n) is 4.37. The highest BCUT2D eigenvalue weighted by Gasteiger charge is 2.32. The Balaban J connectivity index is 2.38. The van der Waals surface area contributed by atoms with Crippen molar-refractivity contribution in [3.8, 4) is 0 Å². The first kappa shape index (κ1) is 7.80. The van der Waals surface area contributed by atoms with Gasteiger partial charge in [0.05, 0.1) is 12.2 Å². The van der Waals surface area contributed by atoms with Gasteiger partial charge < -0.3 is 10.3 Å². The highest BCUT2D eigenvalue weighted by atomic mass is 16.5. The number of fused-ring (bicyclic) bond motifs is 1. The maximum absolute atomic E-state index is 5.93. The first-order valence-corrected chi connectivity index (χ1v) is 4.27. The fourth-order valence-corrected chi connectivity index (χ4v) is 1.98. The van der Waals surface area contributed by atoms with Gasteiger partial charge in [-0.2, -0.15) is 0 Å². The van der Waals surface area contributed by atoms with Crippen molar-refractivity contribution in [2.75, 3.05) is 0 Å². The highest BCUT2D eigenvalue weighted by Crippen LogP contribution is 2.39. The van der Waals surface area contributed by atoms with Gasteiger partial charge in [0.1, 0.15) is 0 Å². The second-order valence-corrected chi connectivity index (χ2v) is 4.37. The predicted octanol–water partition coefficient (Wildman–Crippen LogP) is 1.65. The summed E-state index contributed by atoms with van der Waals surface area (Å²) in [7, 11) is 0. The average molecular weight is 166 g/mol. The number of rotatable bonds is 0. The Labute approximate surface area is 71.9 Å². The van der Waals surface area contributed by atoms with Crippen LogP contribution in [-0.2, 0) is 6.42 Å². The van der Waals surface area contributed by atoms with Crippen molar-refractivity contribution < 1.29 is 4.52 Å². The molecule has 0 amide bonds. The van der Waals surface area contributed by atoms with E-state index >= 15 is 0 Å². The van der Waals surface area contributed by atoms with Crippen molar-refractivity contribution >= 4 is 0 Å². The van der Waals surface area contributed by atoms with Gasteiger partial charge in [-0.1, -0.05) is 19.0 Å². The highest BCUT2D eigenvalue weighted by molar-refractivity contribution is 5.22. The maximum atomic E-state index is 5.93. The van der Waals surface area contributed by atoms with Gasteiger partial charge in [-0.05, 0) is 18.3 Å². The first-order valence-electron chi connectivity index (χ1n) is 4.27. The molecule has 0 saturated heterocycles. The molecule has 12 heavy (non-hydrogen) atoms. The molecule has 1 aromatic heterocycles. The minimum atomic E-state index is 0.0336. The Morgan fingerprint density at radius 3 is 3.17 bits per heavy atom. The third-order valence-corrected chi connectivity index (χ3v) is 2.45. The summed E-state index contributed by atoms with van der Waals surface area (Å²) < 4.78 is 5.09. The molecule has 0 aromatic carbocycles. The van der Waals surface area contributed by atoms with Crippen LogP contribution in [-0.4, -0.2) is 5.16 Å². The van der Waals surface area contributed by atoms with Crippen molar-refractivity contribution in [2.24, 2.45) is 11.1 Å². The van der Waals surface area contributed by atoms with E-state index < -0.39 is 0 Å². The lowest BCUT2D eigenvalue weighted by Gasteiger charge is -2.31. The number of hydrogen-bond donors (Lipinski definition) is 1. The summed E-state index contributed by atoms with van der Waals surface area (Å²) in [5.41, 5.74) is 7.40. The smallest absolute Gasteiger partial charge is 0.156 e. The molecule has 1 aromatic rings. The van der Waals surface area contributed by atoms with Crippen LogP contribution in [0.2, 0.25) is 0 Å². The second kappa shape index (κ2) is 2.33. The number of nitrogens with zero attached hydrogens (tertiary/aromatic N) is 1. The molecule has 1 aliphatic carbocycles. The lowest BCUT2D eigenvalue weighted by atomic mass is 9.75. The summed E-state index contributed by atoms with van der Waals surface area (Å²) in [4.78, 5) is 0. The van der Waals surface area contributed by atoms with Crippen LogP contribution in [0.1, 0.15) is 37.6 Å². The topological polar surface area (TPSA) is 52.0 Å². The van der Waals surface area contributed by atoms with Crippen LogP contribution in [0.5, 0.6) is 0 Å². The lowest BCUT2D eigenvalue weighted by Crippen LogP contribution is -2.28. The number of aromatic nitrogens is 1. The molecular formula is C9H14N2O. The third-order valence-electron chi connectivity index (χ3n) is 2.45. The Hall–Kier alpha value is -0.830. The van der Waals surface area contributed by atoms with E-state index in [1.54, 1.807) is 6.20 Å². The van der Waals surface area contributed by atoms with Crippen molar-refractivity contribution in [3.05, 3.63) is 17.5 Å². The zero-order chi connectivity index (χ0) is 8.77. The summed E-state index contributed by atoms with van der Waals surface area (Å²) in [6.45, 7) is 4.45. The van der Waals surface area contributed by atoms with E-state index in [9.17, 15) is 0 Å². The Kier molecular flexibility index (Phi) is 1.51. The zero-order valence-corrected chi connectivity index (χ0v) is 7.50. The predicted molar refractivity (Wildman–Crippen MR) is 45.5 cm³/mol. The molecule has 0 radical (unpaired) electrons. The van der Waals surface area contributed by atoms with Crippen LogP contribution < -0.4 is 5.73 Å².